The molecule has 18 heavy (non-hydrogen) atoms. The molecule has 0 aliphatic heterocycles. The first-order chi connectivity index (χ1) is 8.31. The molecule has 0 heterocycles. The molecule has 1 aromatic rings. The zero-order valence-electron chi connectivity index (χ0n) is 12.2. The molecule has 0 bridgehead atoms. The molecule has 1 atom stereocenters. The van der Waals surface area contributed by atoms with Crippen molar-refractivity contribution in [1.29, 1.82) is 0 Å². The van der Waals surface area contributed by atoms with Crippen LogP contribution in [-0.4, -0.2) is 26.1 Å². The van der Waals surface area contributed by atoms with E-state index in [4.69, 9.17) is 10.6 Å². The van der Waals surface area contributed by atoms with E-state index in [2.05, 4.69) is 32.3 Å². The molecular formula is C14H25N3O. The summed E-state index contributed by atoms with van der Waals surface area (Å²) in [6.45, 7) is 6.53. The lowest BCUT2D eigenvalue weighted by Gasteiger charge is -2.27. The highest BCUT2D eigenvalue weighted by molar-refractivity contribution is 5.42. The highest BCUT2D eigenvalue weighted by atomic mass is 16.5. The Morgan fingerprint density at radius 3 is 2.28 bits per heavy atom. The number of nitrogens with one attached hydrogen (secondary N) is 1. The molecule has 1 unspecified atom stereocenters. The lowest BCUT2D eigenvalue weighted by molar-refractivity contribution is 0.252. The van der Waals surface area contributed by atoms with Crippen molar-refractivity contribution in [3.8, 4) is 5.75 Å². The standard InChI is InChI=1S/C14H25N3O/c1-14(2,3)11-9-10(7-8-12(11)18-6)13(16-15)17(4)5/h7-9,13,16H,15H2,1-6H3. The number of nitrogens with two attached hydrogens (primary N) is 1. The number of hydrogen-bond donors (Lipinski definition) is 2. The Morgan fingerprint density at radius 1 is 1.28 bits per heavy atom. The summed E-state index contributed by atoms with van der Waals surface area (Å²) in [6.07, 6.45) is -0.00277. The highest BCUT2D eigenvalue weighted by Gasteiger charge is 2.21. The van der Waals surface area contributed by atoms with Crippen molar-refractivity contribution in [2.24, 2.45) is 5.84 Å². The summed E-state index contributed by atoms with van der Waals surface area (Å²) in [6, 6.07) is 6.20. The second-order valence-corrected chi connectivity index (χ2v) is 5.74. The second-order valence-electron chi connectivity index (χ2n) is 5.74. The Hall–Kier alpha value is -1.10. The van der Waals surface area contributed by atoms with Gasteiger partial charge in [-0.05, 0) is 42.8 Å². The summed E-state index contributed by atoms with van der Waals surface area (Å²) >= 11 is 0. The van der Waals surface area contributed by atoms with Crippen LogP contribution < -0.4 is 16.0 Å². The number of rotatable bonds is 4. The lowest BCUT2D eigenvalue weighted by atomic mass is 9.85. The minimum atomic E-state index is -0.00277. The van der Waals surface area contributed by atoms with E-state index in [9.17, 15) is 0 Å². The van der Waals surface area contributed by atoms with E-state index in [1.165, 1.54) is 5.56 Å². The molecule has 0 saturated heterocycles. The molecule has 102 valence electrons. The molecule has 0 aliphatic carbocycles. The van der Waals surface area contributed by atoms with E-state index in [1.807, 2.05) is 31.1 Å². The molecule has 1 aromatic carbocycles. The van der Waals surface area contributed by atoms with Crippen LogP contribution in [0.15, 0.2) is 18.2 Å². The third-order valence-corrected chi connectivity index (χ3v) is 3.02. The van der Waals surface area contributed by atoms with Crippen molar-refractivity contribution in [1.82, 2.24) is 10.3 Å². The van der Waals surface area contributed by atoms with Crippen molar-refractivity contribution < 1.29 is 4.74 Å². The fourth-order valence-corrected chi connectivity index (χ4v) is 2.03. The Bertz CT molecular complexity index is 397. The molecule has 4 heteroatoms. The second kappa shape index (κ2) is 5.69. The van der Waals surface area contributed by atoms with Gasteiger partial charge in [-0.2, -0.15) is 0 Å². The summed E-state index contributed by atoms with van der Waals surface area (Å²) in [5.41, 5.74) is 5.17. The Balaban J connectivity index is 3.26. The maximum atomic E-state index is 5.61. The molecule has 0 aromatic heterocycles. The van der Waals surface area contributed by atoms with Crippen molar-refractivity contribution in [3.05, 3.63) is 29.3 Å². The predicted molar refractivity (Wildman–Crippen MR) is 75.4 cm³/mol. The van der Waals surface area contributed by atoms with E-state index in [0.717, 1.165) is 11.3 Å². The molecule has 0 fully saturated rings. The van der Waals surface area contributed by atoms with E-state index in [-0.39, 0.29) is 11.6 Å². The zero-order valence-corrected chi connectivity index (χ0v) is 12.2. The SMILES string of the molecule is COc1ccc(C(NN)N(C)C)cc1C(C)(C)C. The quantitative estimate of drug-likeness (QED) is 0.488. The van der Waals surface area contributed by atoms with Crippen LogP contribution in [-0.2, 0) is 5.41 Å². The monoisotopic (exact) mass is 251 g/mol. The fraction of sp³-hybridized carbons (Fsp3) is 0.571. The van der Waals surface area contributed by atoms with E-state index < -0.39 is 0 Å². The number of hydrogen-bond acceptors (Lipinski definition) is 4. The van der Waals surface area contributed by atoms with Gasteiger partial charge in [-0.3, -0.25) is 10.7 Å². The van der Waals surface area contributed by atoms with E-state index >= 15 is 0 Å². The molecule has 0 saturated carbocycles. The number of benzene rings is 1. The molecular weight excluding hydrogens is 226 g/mol. The molecule has 1 rings (SSSR count). The molecule has 0 spiro atoms. The zero-order chi connectivity index (χ0) is 13.9. The Labute approximate surface area is 110 Å². The van der Waals surface area contributed by atoms with E-state index in [0.29, 0.717) is 0 Å². The van der Waals surface area contributed by atoms with Crippen LogP contribution in [0.5, 0.6) is 5.75 Å². The van der Waals surface area contributed by atoms with Crippen molar-refractivity contribution in [2.45, 2.75) is 32.4 Å². The third kappa shape index (κ3) is 3.22. The molecule has 3 N–H and O–H groups in total. The van der Waals surface area contributed by atoms with Gasteiger partial charge in [0.25, 0.3) is 0 Å². The fourth-order valence-electron chi connectivity index (χ4n) is 2.03. The first-order valence-corrected chi connectivity index (χ1v) is 6.12. The van der Waals surface area contributed by atoms with Crippen molar-refractivity contribution in [3.63, 3.8) is 0 Å². The van der Waals surface area contributed by atoms with Crippen LogP contribution in [0, 0.1) is 0 Å². The summed E-state index contributed by atoms with van der Waals surface area (Å²) in [5, 5.41) is 0. The maximum Gasteiger partial charge on any atom is 0.122 e. The van der Waals surface area contributed by atoms with Gasteiger partial charge in [0.15, 0.2) is 0 Å². The number of methoxy groups -OCH3 is 1. The summed E-state index contributed by atoms with van der Waals surface area (Å²) < 4.78 is 5.44. The average Bonchev–Trinajstić information content (AvgIpc) is 2.28. The molecule has 4 nitrogen and oxygen atoms in total. The minimum absolute atomic E-state index is 0.00277. The molecule has 0 amide bonds. The van der Waals surface area contributed by atoms with Crippen molar-refractivity contribution >= 4 is 0 Å². The van der Waals surface area contributed by atoms with Gasteiger partial charge in [0.2, 0.25) is 0 Å². The summed E-state index contributed by atoms with van der Waals surface area (Å²) in [7, 11) is 5.69. The normalized spacial score (nSPS) is 13.8. The van der Waals surface area contributed by atoms with Crippen molar-refractivity contribution in [2.75, 3.05) is 21.2 Å². The van der Waals surface area contributed by atoms with Gasteiger partial charge in [-0.25, -0.2) is 5.43 Å². The molecule has 0 aliphatic rings. The highest BCUT2D eigenvalue weighted by Crippen LogP contribution is 2.33. The number of ether oxygens (including phenoxy) is 1. The van der Waals surface area contributed by atoms with Gasteiger partial charge in [0, 0.05) is 0 Å². The molecule has 0 radical (unpaired) electrons. The average molecular weight is 251 g/mol. The Kier molecular flexibility index (Phi) is 4.73. The number of hydrazine groups is 1. The summed E-state index contributed by atoms with van der Waals surface area (Å²) in [5.74, 6) is 6.53. The van der Waals surface area contributed by atoms with Gasteiger partial charge in [0.05, 0.1) is 13.3 Å². The van der Waals surface area contributed by atoms with Gasteiger partial charge < -0.3 is 4.74 Å². The lowest BCUT2D eigenvalue weighted by Crippen LogP contribution is -2.37. The van der Waals surface area contributed by atoms with Gasteiger partial charge >= 0.3 is 0 Å². The van der Waals surface area contributed by atoms with Crippen LogP contribution in [0.1, 0.15) is 38.1 Å². The largest absolute Gasteiger partial charge is 0.496 e. The van der Waals surface area contributed by atoms with Crippen LogP contribution in [0.25, 0.3) is 0 Å². The smallest absolute Gasteiger partial charge is 0.122 e. The van der Waals surface area contributed by atoms with Gasteiger partial charge in [-0.1, -0.05) is 26.8 Å². The summed E-state index contributed by atoms with van der Waals surface area (Å²) in [4.78, 5) is 2.04. The first-order valence-electron chi connectivity index (χ1n) is 6.12. The number of nitrogens with zero attached hydrogens (tertiary/aromatic N) is 1. The Morgan fingerprint density at radius 2 is 1.89 bits per heavy atom. The topological polar surface area (TPSA) is 50.5 Å². The predicted octanol–water partition coefficient (Wildman–Crippen LogP) is 2.02. The first kappa shape index (κ1) is 15.0. The van der Waals surface area contributed by atoms with Gasteiger partial charge in [-0.15, -0.1) is 0 Å². The minimum Gasteiger partial charge on any atom is -0.496 e. The van der Waals surface area contributed by atoms with Crippen LogP contribution >= 0.6 is 0 Å². The third-order valence-electron chi connectivity index (χ3n) is 3.02. The van der Waals surface area contributed by atoms with Gasteiger partial charge in [0.1, 0.15) is 5.75 Å². The van der Waals surface area contributed by atoms with E-state index in [1.54, 1.807) is 7.11 Å². The van der Waals surface area contributed by atoms with Crippen LogP contribution in [0.2, 0.25) is 0 Å². The maximum absolute atomic E-state index is 5.61. The van der Waals surface area contributed by atoms with Crippen LogP contribution in [0.4, 0.5) is 0 Å². The van der Waals surface area contributed by atoms with Crippen LogP contribution in [0.3, 0.4) is 0 Å².